The zero-order valence-corrected chi connectivity index (χ0v) is 13.5. The number of aromatic carboxylic acids is 1. The summed E-state index contributed by atoms with van der Waals surface area (Å²) in [5, 5.41) is 15.2. The van der Waals surface area contributed by atoms with Crippen LogP contribution >= 0.6 is 0 Å². The largest absolute Gasteiger partial charge is 0.478 e. The lowest BCUT2D eigenvalue weighted by atomic mass is 10.2. The second kappa shape index (κ2) is 7.31. The van der Waals surface area contributed by atoms with Crippen molar-refractivity contribution in [1.82, 2.24) is 9.97 Å². The summed E-state index contributed by atoms with van der Waals surface area (Å²) in [6.45, 7) is 0. The highest BCUT2D eigenvalue weighted by Crippen LogP contribution is 2.21. The van der Waals surface area contributed by atoms with Crippen molar-refractivity contribution in [3.63, 3.8) is 0 Å². The van der Waals surface area contributed by atoms with E-state index >= 15 is 0 Å². The molecular formula is C18H15N5O3. The Bertz CT molecular complexity index is 957. The molecule has 0 bridgehead atoms. The summed E-state index contributed by atoms with van der Waals surface area (Å²) in [4.78, 5) is 30.8. The third-order valence-corrected chi connectivity index (χ3v) is 3.50. The first-order chi connectivity index (χ1) is 12.5. The number of nitrogens with two attached hydrogens (primary N) is 1. The highest BCUT2D eigenvalue weighted by Gasteiger charge is 2.10. The molecule has 0 aliphatic carbocycles. The molecule has 1 amide bonds. The highest BCUT2D eigenvalue weighted by molar-refractivity contribution is 5.95. The van der Waals surface area contributed by atoms with Gasteiger partial charge in [-0.1, -0.05) is 12.1 Å². The minimum atomic E-state index is -1.03. The standard InChI is InChI=1S/C18H15N5O3/c19-16(24)11-5-7-12(8-6-11)21-18-20-10-9-15(23-18)22-14-4-2-1-3-13(14)17(25)26/h1-10H,(H2,19,24)(H,25,26)(H2,20,21,22,23). The number of nitrogens with zero attached hydrogens (tertiary/aromatic N) is 2. The molecule has 1 heterocycles. The van der Waals surface area contributed by atoms with E-state index in [1.165, 1.54) is 6.07 Å². The van der Waals surface area contributed by atoms with E-state index < -0.39 is 11.9 Å². The SMILES string of the molecule is NC(=O)c1ccc(Nc2nccc(Nc3ccccc3C(=O)O)n2)cc1. The maximum Gasteiger partial charge on any atom is 0.337 e. The predicted molar refractivity (Wildman–Crippen MR) is 97.0 cm³/mol. The number of nitrogens with one attached hydrogen (secondary N) is 2. The fourth-order valence-electron chi connectivity index (χ4n) is 2.25. The Balaban J connectivity index is 1.78. The Kier molecular flexibility index (Phi) is 4.75. The molecule has 2 aromatic carbocycles. The monoisotopic (exact) mass is 349 g/mol. The zero-order valence-electron chi connectivity index (χ0n) is 13.5. The molecule has 8 nitrogen and oxygen atoms in total. The lowest BCUT2D eigenvalue weighted by Gasteiger charge is -2.10. The Morgan fingerprint density at radius 3 is 2.38 bits per heavy atom. The van der Waals surface area contributed by atoms with Crippen molar-refractivity contribution in [2.45, 2.75) is 0 Å². The van der Waals surface area contributed by atoms with Crippen LogP contribution in [0.2, 0.25) is 0 Å². The molecule has 0 spiro atoms. The van der Waals surface area contributed by atoms with Crippen molar-refractivity contribution < 1.29 is 14.7 Å². The van der Waals surface area contributed by atoms with Crippen molar-refractivity contribution in [3.05, 3.63) is 71.9 Å². The third-order valence-electron chi connectivity index (χ3n) is 3.50. The van der Waals surface area contributed by atoms with Gasteiger partial charge in [0.05, 0.1) is 11.3 Å². The Morgan fingerprint density at radius 1 is 0.962 bits per heavy atom. The maximum absolute atomic E-state index is 11.3. The van der Waals surface area contributed by atoms with Crippen molar-refractivity contribution >= 4 is 35.0 Å². The number of amides is 1. The molecule has 8 heteroatoms. The molecule has 0 aliphatic rings. The van der Waals surface area contributed by atoms with Crippen LogP contribution in [-0.4, -0.2) is 27.0 Å². The number of aromatic nitrogens is 2. The van der Waals surface area contributed by atoms with E-state index in [9.17, 15) is 14.7 Å². The molecule has 130 valence electrons. The lowest BCUT2D eigenvalue weighted by molar-refractivity contribution is 0.0697. The first-order valence-electron chi connectivity index (χ1n) is 7.62. The van der Waals surface area contributed by atoms with Crippen LogP contribution in [0.3, 0.4) is 0 Å². The number of rotatable bonds is 6. The molecule has 0 unspecified atom stereocenters. The van der Waals surface area contributed by atoms with Gasteiger partial charge in [0.15, 0.2) is 0 Å². The van der Waals surface area contributed by atoms with E-state index in [1.54, 1.807) is 54.7 Å². The van der Waals surface area contributed by atoms with Crippen molar-refractivity contribution in [3.8, 4) is 0 Å². The first-order valence-corrected chi connectivity index (χ1v) is 7.62. The van der Waals surface area contributed by atoms with Gasteiger partial charge >= 0.3 is 5.97 Å². The van der Waals surface area contributed by atoms with E-state index in [4.69, 9.17) is 5.73 Å². The third kappa shape index (κ3) is 3.93. The molecule has 0 saturated heterocycles. The predicted octanol–water partition coefficient (Wildman–Crippen LogP) is 2.76. The molecule has 0 saturated carbocycles. The van der Waals surface area contributed by atoms with Crippen molar-refractivity contribution in [2.24, 2.45) is 5.73 Å². The minimum Gasteiger partial charge on any atom is -0.478 e. The summed E-state index contributed by atoms with van der Waals surface area (Å²) < 4.78 is 0. The van der Waals surface area contributed by atoms with Gasteiger partial charge in [-0.15, -0.1) is 0 Å². The van der Waals surface area contributed by atoms with Crippen LogP contribution in [0.25, 0.3) is 0 Å². The summed E-state index contributed by atoms with van der Waals surface area (Å²) in [6, 6.07) is 14.7. The minimum absolute atomic E-state index is 0.141. The Labute approximate surface area is 148 Å². The number of hydrogen-bond donors (Lipinski definition) is 4. The van der Waals surface area contributed by atoms with E-state index in [2.05, 4.69) is 20.6 Å². The summed E-state index contributed by atoms with van der Waals surface area (Å²) >= 11 is 0. The topological polar surface area (TPSA) is 130 Å². The fourth-order valence-corrected chi connectivity index (χ4v) is 2.25. The zero-order chi connectivity index (χ0) is 18.5. The Morgan fingerprint density at radius 2 is 1.69 bits per heavy atom. The molecule has 3 aromatic rings. The molecule has 0 atom stereocenters. The molecular weight excluding hydrogens is 334 g/mol. The lowest BCUT2D eigenvalue weighted by Crippen LogP contribution is -2.10. The maximum atomic E-state index is 11.3. The normalized spacial score (nSPS) is 10.2. The van der Waals surface area contributed by atoms with Gasteiger partial charge in [0, 0.05) is 17.4 Å². The van der Waals surface area contributed by atoms with Crippen molar-refractivity contribution in [2.75, 3.05) is 10.6 Å². The van der Waals surface area contributed by atoms with Crippen LogP contribution in [-0.2, 0) is 0 Å². The summed E-state index contributed by atoms with van der Waals surface area (Å²) in [5.41, 5.74) is 6.86. The van der Waals surface area contributed by atoms with Crippen LogP contribution in [0.1, 0.15) is 20.7 Å². The van der Waals surface area contributed by atoms with E-state index in [-0.39, 0.29) is 5.56 Å². The number of para-hydroxylation sites is 1. The average Bonchev–Trinajstić information content (AvgIpc) is 2.63. The number of anilines is 4. The fraction of sp³-hybridized carbons (Fsp3) is 0. The van der Waals surface area contributed by atoms with Gasteiger partial charge in [-0.25, -0.2) is 9.78 Å². The van der Waals surface area contributed by atoms with Gasteiger partial charge in [-0.05, 0) is 42.5 Å². The van der Waals surface area contributed by atoms with Crippen LogP contribution in [0.15, 0.2) is 60.8 Å². The van der Waals surface area contributed by atoms with Gasteiger partial charge in [-0.2, -0.15) is 4.98 Å². The van der Waals surface area contributed by atoms with Gasteiger partial charge in [0.2, 0.25) is 11.9 Å². The van der Waals surface area contributed by atoms with Crippen LogP contribution in [0, 0.1) is 0 Å². The second-order valence-electron chi connectivity index (χ2n) is 5.31. The summed E-state index contributed by atoms with van der Waals surface area (Å²) in [6.07, 6.45) is 1.54. The second-order valence-corrected chi connectivity index (χ2v) is 5.31. The number of hydrogen-bond acceptors (Lipinski definition) is 6. The van der Waals surface area contributed by atoms with Crippen LogP contribution < -0.4 is 16.4 Å². The summed E-state index contributed by atoms with van der Waals surface area (Å²) in [7, 11) is 0. The first kappa shape index (κ1) is 16.9. The quantitative estimate of drug-likeness (QED) is 0.538. The molecule has 5 N–H and O–H groups in total. The molecule has 0 aliphatic heterocycles. The van der Waals surface area contributed by atoms with Crippen molar-refractivity contribution in [1.29, 1.82) is 0 Å². The van der Waals surface area contributed by atoms with E-state index in [0.29, 0.717) is 28.7 Å². The molecule has 1 aromatic heterocycles. The van der Waals surface area contributed by atoms with Crippen LogP contribution in [0.5, 0.6) is 0 Å². The number of carboxylic acids is 1. The molecule has 0 radical (unpaired) electrons. The molecule has 3 rings (SSSR count). The number of primary amides is 1. The van der Waals surface area contributed by atoms with Gasteiger partial charge in [0.25, 0.3) is 0 Å². The van der Waals surface area contributed by atoms with Crippen LogP contribution in [0.4, 0.5) is 23.1 Å². The average molecular weight is 349 g/mol. The smallest absolute Gasteiger partial charge is 0.337 e. The molecule has 0 fully saturated rings. The number of benzene rings is 2. The van der Waals surface area contributed by atoms with Gasteiger partial charge in [-0.3, -0.25) is 4.79 Å². The number of carbonyl (C=O) groups excluding carboxylic acids is 1. The summed E-state index contributed by atoms with van der Waals surface area (Å²) in [5.74, 6) is -0.786. The number of carboxylic acid groups (broad SMARTS) is 1. The van der Waals surface area contributed by atoms with E-state index in [0.717, 1.165) is 0 Å². The van der Waals surface area contributed by atoms with Gasteiger partial charge < -0.3 is 21.5 Å². The Hall–Kier alpha value is -3.94. The highest BCUT2D eigenvalue weighted by atomic mass is 16.4. The van der Waals surface area contributed by atoms with E-state index in [1.807, 2.05) is 0 Å². The molecule has 26 heavy (non-hydrogen) atoms. The number of carbonyl (C=O) groups is 2. The van der Waals surface area contributed by atoms with Gasteiger partial charge in [0.1, 0.15) is 5.82 Å².